The number of quaternary nitrogens is 1. The topological polar surface area (TPSA) is 74.2 Å². The van der Waals surface area contributed by atoms with Crippen molar-refractivity contribution in [2.24, 2.45) is 11.8 Å². The highest BCUT2D eigenvalue weighted by atomic mass is 16.2. The average Bonchev–Trinajstić information content (AvgIpc) is 2.98. The molecule has 7 heteroatoms. The van der Waals surface area contributed by atoms with E-state index < -0.39 is 0 Å². The number of rotatable bonds is 5. The number of hydrogen-bond acceptors (Lipinski definition) is 4. The van der Waals surface area contributed by atoms with Crippen LogP contribution in [0.5, 0.6) is 0 Å². The molecule has 1 aliphatic carbocycles. The maximum atomic E-state index is 12.6. The summed E-state index contributed by atoms with van der Waals surface area (Å²) in [6.45, 7) is 4.24. The van der Waals surface area contributed by atoms with E-state index >= 15 is 0 Å². The summed E-state index contributed by atoms with van der Waals surface area (Å²) in [4.78, 5) is 42.9. The third-order valence-electron chi connectivity index (χ3n) is 6.63. The van der Waals surface area contributed by atoms with E-state index in [9.17, 15) is 14.4 Å². The summed E-state index contributed by atoms with van der Waals surface area (Å²) < 4.78 is 0. The summed E-state index contributed by atoms with van der Waals surface area (Å²) in [7, 11) is 2.20. The molecule has 2 heterocycles. The largest absolute Gasteiger partial charge is 0.359 e. The number of fused-ring (bicyclic) bond motifs is 1. The zero-order chi connectivity index (χ0) is 20.4. The number of piperazine rings is 1. The summed E-state index contributed by atoms with van der Waals surface area (Å²) in [6, 6.07) is 7.85. The predicted octanol–water partition coefficient (Wildman–Crippen LogP) is 0.525. The lowest BCUT2D eigenvalue weighted by atomic mass is 9.81. The van der Waals surface area contributed by atoms with Crippen molar-refractivity contribution in [3.8, 4) is 0 Å². The van der Waals surface area contributed by atoms with Crippen LogP contribution in [0.1, 0.15) is 32.1 Å². The number of nitrogens with one attached hydrogen (secondary N) is 2. The number of hydrogen-bond donors (Lipinski definition) is 2. The Morgan fingerprint density at radius 2 is 1.69 bits per heavy atom. The molecule has 1 aromatic rings. The highest BCUT2D eigenvalue weighted by molar-refractivity contribution is 6.05. The molecule has 0 radical (unpaired) electrons. The molecule has 0 spiro atoms. The fourth-order valence-corrected chi connectivity index (χ4v) is 4.86. The lowest BCUT2D eigenvalue weighted by Crippen LogP contribution is -3.12. The molecule has 7 nitrogen and oxygen atoms in total. The Labute approximate surface area is 172 Å². The van der Waals surface area contributed by atoms with E-state index in [4.69, 9.17) is 0 Å². The summed E-state index contributed by atoms with van der Waals surface area (Å²) in [6.07, 6.45) is 3.77. The molecule has 3 aliphatic rings. The van der Waals surface area contributed by atoms with Gasteiger partial charge >= 0.3 is 0 Å². The van der Waals surface area contributed by atoms with Crippen molar-refractivity contribution in [2.75, 3.05) is 50.0 Å². The SMILES string of the molecule is C[NH+]1CCN(c2ccccc2NC(=O)CCN2C(=O)[C@H]3CCCC[C@@H]3C2=O)CC1. The number of carbonyl (C=O) groups is 3. The number of likely N-dealkylation sites (N-methyl/N-ethyl adjacent to an activating group) is 1. The van der Waals surface area contributed by atoms with E-state index in [-0.39, 0.29) is 42.5 Å². The van der Waals surface area contributed by atoms with Gasteiger partial charge in [0.2, 0.25) is 17.7 Å². The van der Waals surface area contributed by atoms with Crippen LogP contribution in [-0.2, 0) is 14.4 Å². The Balaban J connectivity index is 1.36. The number of carbonyl (C=O) groups excluding carboxylic acids is 3. The van der Waals surface area contributed by atoms with Crippen molar-refractivity contribution in [1.29, 1.82) is 0 Å². The van der Waals surface area contributed by atoms with E-state index in [1.54, 1.807) is 0 Å². The summed E-state index contributed by atoms with van der Waals surface area (Å²) in [5.74, 6) is -0.618. The molecule has 2 atom stereocenters. The summed E-state index contributed by atoms with van der Waals surface area (Å²) in [5, 5.41) is 3.00. The first kappa shape index (κ1) is 19.9. The van der Waals surface area contributed by atoms with Gasteiger partial charge in [0.05, 0.1) is 56.4 Å². The van der Waals surface area contributed by atoms with Gasteiger partial charge in [-0.1, -0.05) is 25.0 Å². The molecular formula is C22H31N4O3+. The fraction of sp³-hybridized carbons (Fsp3) is 0.591. The number of likely N-dealkylation sites (tertiary alicyclic amines) is 1. The van der Waals surface area contributed by atoms with Crippen molar-refractivity contribution in [3.05, 3.63) is 24.3 Å². The molecule has 29 heavy (non-hydrogen) atoms. The molecule has 2 N–H and O–H groups in total. The quantitative estimate of drug-likeness (QED) is 0.709. The second-order valence-corrected chi connectivity index (χ2v) is 8.59. The number of para-hydroxylation sites is 2. The van der Waals surface area contributed by atoms with E-state index in [2.05, 4.69) is 17.3 Å². The normalized spacial score (nSPS) is 25.3. The molecule has 0 bridgehead atoms. The van der Waals surface area contributed by atoms with E-state index in [0.717, 1.165) is 63.2 Å². The molecule has 156 valence electrons. The molecule has 1 aromatic carbocycles. The molecule has 1 saturated carbocycles. The predicted molar refractivity (Wildman–Crippen MR) is 111 cm³/mol. The zero-order valence-electron chi connectivity index (χ0n) is 17.2. The minimum Gasteiger partial charge on any atom is -0.359 e. The molecule has 0 aromatic heterocycles. The minimum absolute atomic E-state index is 0.0761. The van der Waals surface area contributed by atoms with Crippen LogP contribution in [0.4, 0.5) is 11.4 Å². The van der Waals surface area contributed by atoms with Crippen molar-refractivity contribution in [2.45, 2.75) is 32.1 Å². The highest BCUT2D eigenvalue weighted by Crippen LogP contribution is 2.38. The minimum atomic E-state index is -0.160. The number of imide groups is 1. The molecule has 0 unspecified atom stereocenters. The third-order valence-corrected chi connectivity index (χ3v) is 6.63. The Kier molecular flexibility index (Phi) is 5.85. The number of amides is 3. The highest BCUT2D eigenvalue weighted by Gasteiger charge is 2.47. The summed E-state index contributed by atoms with van der Waals surface area (Å²) >= 11 is 0. The standard InChI is InChI=1S/C22H30N4O3/c1-24-12-14-25(15-13-24)19-9-5-4-8-18(19)23-20(27)10-11-26-21(28)16-6-2-3-7-17(16)22(26)29/h4-5,8-9,16-17H,2-3,6-7,10-15H2,1H3,(H,23,27)/p+1/t16-,17-/m0/s1. The van der Waals surface area contributed by atoms with Crippen LogP contribution in [0, 0.1) is 11.8 Å². The van der Waals surface area contributed by atoms with Gasteiger partial charge in [0.1, 0.15) is 0 Å². The second-order valence-electron chi connectivity index (χ2n) is 8.59. The van der Waals surface area contributed by atoms with E-state index in [1.807, 2.05) is 24.3 Å². The Morgan fingerprint density at radius 1 is 1.07 bits per heavy atom. The monoisotopic (exact) mass is 399 g/mol. The molecule has 2 aliphatic heterocycles. The van der Waals surface area contributed by atoms with Crippen LogP contribution in [-0.4, -0.2) is 62.4 Å². The molecule has 3 fully saturated rings. The first-order valence-electron chi connectivity index (χ1n) is 10.8. The van der Waals surface area contributed by atoms with Crippen molar-refractivity contribution < 1.29 is 19.3 Å². The van der Waals surface area contributed by atoms with Crippen molar-refractivity contribution in [3.63, 3.8) is 0 Å². The first-order valence-corrected chi connectivity index (χ1v) is 10.8. The van der Waals surface area contributed by atoms with Crippen LogP contribution >= 0.6 is 0 Å². The molecule has 4 rings (SSSR count). The van der Waals surface area contributed by atoms with Gasteiger partial charge in [-0.15, -0.1) is 0 Å². The van der Waals surface area contributed by atoms with Crippen LogP contribution < -0.4 is 15.1 Å². The van der Waals surface area contributed by atoms with Crippen LogP contribution in [0.15, 0.2) is 24.3 Å². The van der Waals surface area contributed by atoms with Crippen molar-refractivity contribution >= 4 is 29.1 Å². The van der Waals surface area contributed by atoms with Gasteiger partial charge in [0.25, 0.3) is 0 Å². The van der Waals surface area contributed by atoms with Crippen LogP contribution in [0.3, 0.4) is 0 Å². The van der Waals surface area contributed by atoms with Crippen LogP contribution in [0.2, 0.25) is 0 Å². The smallest absolute Gasteiger partial charge is 0.233 e. The number of anilines is 2. The van der Waals surface area contributed by atoms with Gasteiger partial charge in [-0.05, 0) is 25.0 Å². The molecule has 3 amide bonds. The Hall–Kier alpha value is -2.41. The first-order chi connectivity index (χ1) is 14.0. The van der Waals surface area contributed by atoms with E-state index in [0.29, 0.717) is 0 Å². The van der Waals surface area contributed by atoms with Gasteiger partial charge in [0.15, 0.2) is 0 Å². The maximum absolute atomic E-state index is 12.6. The number of benzene rings is 1. The fourth-order valence-electron chi connectivity index (χ4n) is 4.86. The second kappa shape index (κ2) is 8.53. The molecular weight excluding hydrogens is 368 g/mol. The maximum Gasteiger partial charge on any atom is 0.233 e. The number of nitrogens with zero attached hydrogens (tertiary/aromatic N) is 2. The van der Waals surface area contributed by atoms with Gasteiger partial charge < -0.3 is 15.1 Å². The third kappa shape index (κ3) is 4.15. The molecule has 2 saturated heterocycles. The van der Waals surface area contributed by atoms with Gasteiger partial charge in [-0.2, -0.15) is 0 Å². The average molecular weight is 400 g/mol. The van der Waals surface area contributed by atoms with Crippen molar-refractivity contribution in [1.82, 2.24) is 4.90 Å². The van der Waals surface area contributed by atoms with Gasteiger partial charge in [-0.3, -0.25) is 19.3 Å². The zero-order valence-corrected chi connectivity index (χ0v) is 17.2. The Bertz CT molecular complexity index is 764. The Morgan fingerprint density at radius 3 is 2.34 bits per heavy atom. The van der Waals surface area contributed by atoms with E-state index in [1.165, 1.54) is 9.80 Å². The van der Waals surface area contributed by atoms with Crippen LogP contribution in [0.25, 0.3) is 0 Å². The lowest BCUT2D eigenvalue weighted by molar-refractivity contribution is -0.880. The lowest BCUT2D eigenvalue weighted by Gasteiger charge is -2.33. The van der Waals surface area contributed by atoms with Gasteiger partial charge in [0, 0.05) is 13.0 Å². The van der Waals surface area contributed by atoms with Gasteiger partial charge in [-0.25, -0.2) is 0 Å². The summed E-state index contributed by atoms with van der Waals surface area (Å²) in [5.41, 5.74) is 1.83.